The van der Waals surface area contributed by atoms with Gasteiger partial charge < -0.3 is 10.6 Å². The molecule has 1 aliphatic rings. The molecule has 0 spiro atoms. The number of rotatable bonds is 5. The maximum absolute atomic E-state index is 12.6. The first-order valence-electron chi connectivity index (χ1n) is 9.44. The lowest BCUT2D eigenvalue weighted by atomic mass is 9.81. The Morgan fingerprint density at radius 3 is 2.19 bits per heavy atom. The molecule has 1 atom stereocenters. The summed E-state index contributed by atoms with van der Waals surface area (Å²) in [5.41, 5.74) is 1.81. The van der Waals surface area contributed by atoms with Gasteiger partial charge in [0.25, 0.3) is 0 Å². The summed E-state index contributed by atoms with van der Waals surface area (Å²) in [5.74, 6) is 0.0137. The zero-order chi connectivity index (χ0) is 19.2. The number of halogens is 1. The van der Waals surface area contributed by atoms with Crippen LogP contribution in [0.25, 0.3) is 0 Å². The quantitative estimate of drug-likeness (QED) is 0.765. The van der Waals surface area contributed by atoms with Gasteiger partial charge in [0, 0.05) is 22.5 Å². The Kier molecular flexibility index (Phi) is 6.51. The Morgan fingerprint density at radius 2 is 1.56 bits per heavy atom. The second kappa shape index (κ2) is 9.05. The topological polar surface area (TPSA) is 58.2 Å². The highest BCUT2D eigenvalue weighted by Gasteiger charge is 2.30. The van der Waals surface area contributed by atoms with Gasteiger partial charge in [-0.2, -0.15) is 0 Å². The standard InChI is InChI=1S/C22H25ClN2O2/c1-15(16-6-3-2-4-7-16)24-21(26)17-10-12-18(13-11-17)22(27)25-20-9-5-8-19(23)14-20/h2-9,14-15,17-18H,10-13H2,1H3,(H,24,26)(H,25,27). The molecule has 0 radical (unpaired) electrons. The molecule has 2 amide bonds. The Bertz CT molecular complexity index is 786. The van der Waals surface area contributed by atoms with E-state index in [-0.39, 0.29) is 29.7 Å². The van der Waals surface area contributed by atoms with Gasteiger partial charge in [0.1, 0.15) is 0 Å². The van der Waals surface area contributed by atoms with Crippen LogP contribution in [-0.4, -0.2) is 11.8 Å². The van der Waals surface area contributed by atoms with Gasteiger partial charge >= 0.3 is 0 Å². The molecule has 3 rings (SSSR count). The van der Waals surface area contributed by atoms with Crippen LogP contribution in [0, 0.1) is 11.8 Å². The molecular formula is C22H25ClN2O2. The van der Waals surface area contributed by atoms with Crippen LogP contribution in [0.4, 0.5) is 5.69 Å². The first-order chi connectivity index (χ1) is 13.0. The van der Waals surface area contributed by atoms with E-state index in [1.54, 1.807) is 12.1 Å². The Hall–Kier alpha value is -2.33. The second-order valence-corrected chi connectivity index (χ2v) is 7.63. The van der Waals surface area contributed by atoms with Gasteiger partial charge in [-0.3, -0.25) is 9.59 Å². The highest BCUT2D eigenvalue weighted by atomic mass is 35.5. The van der Waals surface area contributed by atoms with Crippen molar-refractivity contribution in [3.05, 3.63) is 65.2 Å². The third-order valence-corrected chi connectivity index (χ3v) is 5.45. The molecule has 0 bridgehead atoms. The van der Waals surface area contributed by atoms with Crippen molar-refractivity contribution in [1.29, 1.82) is 0 Å². The van der Waals surface area contributed by atoms with E-state index in [1.165, 1.54) is 0 Å². The number of carbonyl (C=O) groups is 2. The van der Waals surface area contributed by atoms with Crippen molar-refractivity contribution in [1.82, 2.24) is 5.32 Å². The normalized spacial score (nSPS) is 20.5. The van der Waals surface area contributed by atoms with Crippen molar-refractivity contribution < 1.29 is 9.59 Å². The molecule has 1 aliphatic carbocycles. The summed E-state index contributed by atoms with van der Waals surface area (Å²) in [4.78, 5) is 25.0. The molecule has 2 aromatic rings. The number of benzene rings is 2. The minimum atomic E-state index is -0.0559. The molecule has 0 aliphatic heterocycles. The minimum absolute atomic E-state index is 0.00813. The van der Waals surface area contributed by atoms with E-state index < -0.39 is 0 Å². The van der Waals surface area contributed by atoms with E-state index in [9.17, 15) is 9.59 Å². The lowest BCUT2D eigenvalue weighted by Crippen LogP contribution is -2.36. The van der Waals surface area contributed by atoms with Crippen LogP contribution < -0.4 is 10.6 Å². The number of hydrogen-bond donors (Lipinski definition) is 2. The molecule has 2 N–H and O–H groups in total. The van der Waals surface area contributed by atoms with Crippen molar-refractivity contribution in [3.63, 3.8) is 0 Å². The van der Waals surface area contributed by atoms with E-state index in [2.05, 4.69) is 10.6 Å². The molecule has 4 nitrogen and oxygen atoms in total. The monoisotopic (exact) mass is 384 g/mol. The number of anilines is 1. The zero-order valence-electron chi connectivity index (χ0n) is 15.5. The van der Waals surface area contributed by atoms with Gasteiger partial charge in [-0.15, -0.1) is 0 Å². The van der Waals surface area contributed by atoms with Crippen molar-refractivity contribution in [3.8, 4) is 0 Å². The van der Waals surface area contributed by atoms with E-state index >= 15 is 0 Å². The van der Waals surface area contributed by atoms with Gasteiger partial charge in [0.15, 0.2) is 0 Å². The first-order valence-corrected chi connectivity index (χ1v) is 9.82. The van der Waals surface area contributed by atoms with Crippen LogP contribution in [0.1, 0.15) is 44.2 Å². The number of amides is 2. The maximum Gasteiger partial charge on any atom is 0.227 e. The van der Waals surface area contributed by atoms with Gasteiger partial charge in [-0.05, 0) is 56.4 Å². The molecule has 2 aromatic carbocycles. The van der Waals surface area contributed by atoms with Gasteiger partial charge in [-0.25, -0.2) is 0 Å². The Morgan fingerprint density at radius 1 is 0.926 bits per heavy atom. The fourth-order valence-electron chi connectivity index (χ4n) is 3.58. The highest BCUT2D eigenvalue weighted by molar-refractivity contribution is 6.30. The van der Waals surface area contributed by atoms with Crippen LogP contribution >= 0.6 is 11.6 Å². The lowest BCUT2D eigenvalue weighted by Gasteiger charge is -2.28. The first kappa shape index (κ1) is 19.4. The predicted octanol–water partition coefficient (Wildman–Crippen LogP) is 4.96. The summed E-state index contributed by atoms with van der Waals surface area (Å²) >= 11 is 5.96. The average molecular weight is 385 g/mol. The molecule has 142 valence electrons. The molecular weight excluding hydrogens is 360 g/mol. The smallest absolute Gasteiger partial charge is 0.227 e. The Labute approximate surface area is 165 Å². The van der Waals surface area contributed by atoms with Gasteiger partial charge in [-0.1, -0.05) is 48.0 Å². The van der Waals surface area contributed by atoms with E-state index in [0.717, 1.165) is 31.2 Å². The van der Waals surface area contributed by atoms with Crippen molar-refractivity contribution >= 4 is 29.1 Å². The molecule has 1 unspecified atom stereocenters. The van der Waals surface area contributed by atoms with Crippen molar-refractivity contribution in [2.75, 3.05) is 5.32 Å². The van der Waals surface area contributed by atoms with Crippen LogP contribution in [-0.2, 0) is 9.59 Å². The van der Waals surface area contributed by atoms with Crippen LogP contribution in [0.3, 0.4) is 0 Å². The third kappa shape index (κ3) is 5.33. The molecule has 5 heteroatoms. The van der Waals surface area contributed by atoms with Crippen molar-refractivity contribution in [2.24, 2.45) is 11.8 Å². The fraction of sp³-hybridized carbons (Fsp3) is 0.364. The second-order valence-electron chi connectivity index (χ2n) is 7.19. The molecule has 1 saturated carbocycles. The molecule has 1 fully saturated rings. The fourth-order valence-corrected chi connectivity index (χ4v) is 3.77. The Balaban J connectivity index is 1.48. The number of nitrogens with one attached hydrogen (secondary N) is 2. The largest absolute Gasteiger partial charge is 0.349 e. The van der Waals surface area contributed by atoms with E-state index in [4.69, 9.17) is 11.6 Å². The maximum atomic E-state index is 12.6. The van der Waals surface area contributed by atoms with E-state index in [1.807, 2.05) is 49.4 Å². The molecule has 0 saturated heterocycles. The van der Waals surface area contributed by atoms with Crippen LogP contribution in [0.2, 0.25) is 5.02 Å². The SMILES string of the molecule is CC(NC(=O)C1CCC(C(=O)Nc2cccc(Cl)c2)CC1)c1ccccc1. The molecule has 0 heterocycles. The minimum Gasteiger partial charge on any atom is -0.349 e. The lowest BCUT2D eigenvalue weighted by molar-refractivity contribution is -0.129. The zero-order valence-corrected chi connectivity index (χ0v) is 16.2. The average Bonchev–Trinajstić information content (AvgIpc) is 2.68. The predicted molar refractivity (Wildman–Crippen MR) is 109 cm³/mol. The van der Waals surface area contributed by atoms with Crippen LogP contribution in [0.15, 0.2) is 54.6 Å². The number of carbonyl (C=O) groups excluding carboxylic acids is 2. The summed E-state index contributed by atoms with van der Waals surface area (Å²) in [6.07, 6.45) is 2.93. The van der Waals surface area contributed by atoms with Crippen molar-refractivity contribution in [2.45, 2.75) is 38.6 Å². The van der Waals surface area contributed by atoms with Crippen LogP contribution in [0.5, 0.6) is 0 Å². The summed E-state index contributed by atoms with van der Waals surface area (Å²) in [5, 5.41) is 6.63. The molecule has 27 heavy (non-hydrogen) atoms. The van der Waals surface area contributed by atoms with Gasteiger partial charge in [0.05, 0.1) is 6.04 Å². The molecule has 0 aromatic heterocycles. The highest BCUT2D eigenvalue weighted by Crippen LogP contribution is 2.30. The summed E-state index contributed by atoms with van der Waals surface area (Å²) < 4.78 is 0. The van der Waals surface area contributed by atoms with E-state index in [0.29, 0.717) is 10.7 Å². The van der Waals surface area contributed by atoms with Gasteiger partial charge in [0.2, 0.25) is 11.8 Å². The third-order valence-electron chi connectivity index (χ3n) is 5.22. The summed E-state index contributed by atoms with van der Waals surface area (Å²) in [6, 6.07) is 17.1. The summed E-state index contributed by atoms with van der Waals surface area (Å²) in [7, 11) is 0. The summed E-state index contributed by atoms with van der Waals surface area (Å²) in [6.45, 7) is 2.00. The number of hydrogen-bond acceptors (Lipinski definition) is 2.